The number of halogens is 1. The molecule has 2 rings (SSSR count). The zero-order chi connectivity index (χ0) is 13.0. The molecule has 0 spiro atoms. The van der Waals surface area contributed by atoms with Gasteiger partial charge in [0.25, 0.3) is 0 Å². The van der Waals surface area contributed by atoms with Crippen LogP contribution in [0, 0.1) is 0 Å². The second-order valence-electron chi connectivity index (χ2n) is 3.48. The fourth-order valence-corrected chi connectivity index (χ4v) is 1.54. The molecule has 18 heavy (non-hydrogen) atoms. The van der Waals surface area contributed by atoms with E-state index in [1.165, 1.54) is 0 Å². The van der Waals surface area contributed by atoms with Gasteiger partial charge in [0.15, 0.2) is 12.1 Å². The average Bonchev–Trinajstić information content (AvgIpc) is 2.80. The van der Waals surface area contributed by atoms with Crippen LogP contribution in [0.5, 0.6) is 5.75 Å². The summed E-state index contributed by atoms with van der Waals surface area (Å²) in [7, 11) is 0. The number of carbonyl (C=O) groups is 1. The fourth-order valence-electron chi connectivity index (χ4n) is 1.41. The summed E-state index contributed by atoms with van der Waals surface area (Å²) in [6.45, 7) is 0.303. The third-order valence-electron chi connectivity index (χ3n) is 2.25. The van der Waals surface area contributed by atoms with Gasteiger partial charge in [-0.15, -0.1) is 0 Å². The van der Waals surface area contributed by atoms with Gasteiger partial charge in [-0.05, 0) is 24.3 Å². The maximum atomic E-state index is 10.8. The largest absolute Gasteiger partial charge is 0.493 e. The Labute approximate surface area is 108 Å². The van der Waals surface area contributed by atoms with Crippen LogP contribution < -0.4 is 4.74 Å². The molecule has 0 aliphatic carbocycles. The molecule has 0 radical (unpaired) electrons. The average molecular weight is 268 g/mol. The second kappa shape index (κ2) is 5.55. The van der Waals surface area contributed by atoms with Gasteiger partial charge in [-0.25, -0.2) is 9.78 Å². The number of nitrogens with zero attached hydrogens (tertiary/aromatic N) is 1. The lowest BCUT2D eigenvalue weighted by Crippen LogP contribution is -2.06. The molecule has 1 heterocycles. The van der Waals surface area contributed by atoms with E-state index in [2.05, 4.69) is 4.98 Å². The summed E-state index contributed by atoms with van der Waals surface area (Å²) in [6, 6.07) is 6.91. The molecular weight excluding hydrogens is 258 g/mol. The van der Waals surface area contributed by atoms with Gasteiger partial charge in [-0.3, -0.25) is 0 Å². The Morgan fingerprint density at radius 2 is 2.11 bits per heavy atom. The highest BCUT2D eigenvalue weighted by Gasteiger charge is 2.14. The molecule has 0 fully saturated rings. The predicted molar refractivity (Wildman–Crippen MR) is 64.1 cm³/mol. The highest BCUT2D eigenvalue weighted by atomic mass is 35.5. The molecule has 0 aliphatic heterocycles. The van der Waals surface area contributed by atoms with Gasteiger partial charge in [0.2, 0.25) is 0 Å². The third kappa shape index (κ3) is 3.01. The Kier molecular flexibility index (Phi) is 3.84. The van der Waals surface area contributed by atoms with E-state index in [4.69, 9.17) is 25.9 Å². The van der Waals surface area contributed by atoms with Gasteiger partial charge in [0, 0.05) is 11.4 Å². The molecule has 0 saturated carbocycles. The maximum Gasteiger partial charge on any atom is 0.358 e. The molecule has 0 saturated heterocycles. The van der Waals surface area contributed by atoms with Crippen molar-refractivity contribution in [1.29, 1.82) is 0 Å². The first-order valence-corrected chi connectivity index (χ1v) is 5.58. The van der Waals surface area contributed by atoms with Crippen molar-refractivity contribution in [2.45, 2.75) is 6.42 Å². The monoisotopic (exact) mass is 267 g/mol. The summed E-state index contributed by atoms with van der Waals surface area (Å²) in [5, 5.41) is 9.45. The van der Waals surface area contributed by atoms with Gasteiger partial charge in [-0.1, -0.05) is 11.6 Å². The highest BCUT2D eigenvalue weighted by molar-refractivity contribution is 6.30. The van der Waals surface area contributed by atoms with Gasteiger partial charge in [-0.2, -0.15) is 0 Å². The summed E-state index contributed by atoms with van der Waals surface area (Å²) in [5.41, 5.74) is -0.0743. The maximum absolute atomic E-state index is 10.8. The molecule has 94 valence electrons. The second-order valence-corrected chi connectivity index (χ2v) is 3.92. The number of ether oxygens (including phenoxy) is 1. The van der Waals surface area contributed by atoms with Gasteiger partial charge in [0.05, 0.1) is 6.61 Å². The summed E-state index contributed by atoms with van der Waals surface area (Å²) < 4.78 is 10.4. The van der Waals surface area contributed by atoms with E-state index in [0.29, 0.717) is 29.6 Å². The van der Waals surface area contributed by atoms with Crippen LogP contribution in [0.15, 0.2) is 35.1 Å². The minimum atomic E-state index is -1.11. The molecule has 0 amide bonds. The summed E-state index contributed by atoms with van der Waals surface area (Å²) in [6.07, 6.45) is 1.45. The molecule has 1 N–H and O–H groups in total. The Bertz CT molecular complexity index is 535. The SMILES string of the molecule is O=C(O)c1ncoc1CCOc1ccc(Cl)cc1. The number of oxazole rings is 1. The standard InChI is InChI=1S/C12H10ClNO4/c13-8-1-3-9(4-2-8)17-6-5-10-11(12(15)16)14-7-18-10/h1-4,7H,5-6H2,(H,15,16). The van der Waals surface area contributed by atoms with Crippen molar-refractivity contribution in [1.82, 2.24) is 4.98 Å². The first-order valence-electron chi connectivity index (χ1n) is 5.21. The fraction of sp³-hybridized carbons (Fsp3) is 0.167. The number of hydrogen-bond acceptors (Lipinski definition) is 4. The van der Waals surface area contributed by atoms with Crippen molar-refractivity contribution >= 4 is 17.6 Å². The number of rotatable bonds is 5. The van der Waals surface area contributed by atoms with Crippen LogP contribution in [0.2, 0.25) is 5.02 Å². The zero-order valence-corrected chi connectivity index (χ0v) is 10.1. The first-order chi connectivity index (χ1) is 8.66. The van der Waals surface area contributed by atoms with E-state index in [1.807, 2.05) is 0 Å². The molecular formula is C12H10ClNO4. The molecule has 2 aromatic rings. The van der Waals surface area contributed by atoms with Crippen molar-refractivity contribution < 1.29 is 19.1 Å². The van der Waals surface area contributed by atoms with E-state index >= 15 is 0 Å². The summed E-state index contributed by atoms with van der Waals surface area (Å²) in [4.78, 5) is 14.4. The van der Waals surface area contributed by atoms with Crippen LogP contribution in [0.3, 0.4) is 0 Å². The molecule has 0 unspecified atom stereocenters. The van der Waals surface area contributed by atoms with Gasteiger partial charge >= 0.3 is 5.97 Å². The third-order valence-corrected chi connectivity index (χ3v) is 2.51. The van der Waals surface area contributed by atoms with Crippen molar-refractivity contribution in [3.05, 3.63) is 47.1 Å². The van der Waals surface area contributed by atoms with Gasteiger partial charge in [0.1, 0.15) is 11.5 Å². The van der Waals surface area contributed by atoms with Crippen LogP contribution in [0.25, 0.3) is 0 Å². The van der Waals surface area contributed by atoms with E-state index in [9.17, 15) is 4.79 Å². The lowest BCUT2D eigenvalue weighted by molar-refractivity contribution is 0.0688. The molecule has 1 aromatic carbocycles. The minimum absolute atomic E-state index is 0.0743. The summed E-state index contributed by atoms with van der Waals surface area (Å²) in [5.74, 6) is -0.141. The Morgan fingerprint density at radius 3 is 2.78 bits per heavy atom. The number of aromatic carboxylic acids is 1. The van der Waals surface area contributed by atoms with Crippen LogP contribution >= 0.6 is 11.6 Å². The van der Waals surface area contributed by atoms with E-state index in [-0.39, 0.29) is 5.69 Å². The number of benzene rings is 1. The topological polar surface area (TPSA) is 72.6 Å². The number of hydrogen-bond donors (Lipinski definition) is 1. The molecule has 0 bridgehead atoms. The number of carboxylic acid groups (broad SMARTS) is 1. The quantitative estimate of drug-likeness (QED) is 0.901. The van der Waals surface area contributed by atoms with Crippen molar-refractivity contribution in [2.75, 3.05) is 6.61 Å². The van der Waals surface area contributed by atoms with E-state index in [0.717, 1.165) is 6.39 Å². The minimum Gasteiger partial charge on any atom is -0.493 e. The number of carboxylic acids is 1. The first kappa shape index (κ1) is 12.4. The lowest BCUT2D eigenvalue weighted by Gasteiger charge is -2.04. The number of aromatic nitrogens is 1. The normalized spacial score (nSPS) is 10.3. The van der Waals surface area contributed by atoms with Crippen LogP contribution in [0.1, 0.15) is 16.2 Å². The van der Waals surface area contributed by atoms with Crippen molar-refractivity contribution in [3.8, 4) is 5.75 Å². The van der Waals surface area contributed by atoms with Crippen molar-refractivity contribution in [3.63, 3.8) is 0 Å². The molecule has 0 aliphatic rings. The van der Waals surface area contributed by atoms with Gasteiger partial charge < -0.3 is 14.3 Å². The zero-order valence-electron chi connectivity index (χ0n) is 9.30. The molecule has 1 aromatic heterocycles. The molecule has 6 heteroatoms. The van der Waals surface area contributed by atoms with E-state index in [1.54, 1.807) is 24.3 Å². The molecule has 5 nitrogen and oxygen atoms in total. The summed E-state index contributed by atoms with van der Waals surface area (Å²) >= 11 is 5.74. The lowest BCUT2D eigenvalue weighted by atomic mass is 10.3. The van der Waals surface area contributed by atoms with Crippen LogP contribution in [0.4, 0.5) is 0 Å². The van der Waals surface area contributed by atoms with Crippen LogP contribution in [-0.4, -0.2) is 22.7 Å². The van der Waals surface area contributed by atoms with Crippen LogP contribution in [-0.2, 0) is 6.42 Å². The Hall–Kier alpha value is -2.01. The Morgan fingerprint density at radius 1 is 1.39 bits per heavy atom. The van der Waals surface area contributed by atoms with Crippen molar-refractivity contribution in [2.24, 2.45) is 0 Å². The highest BCUT2D eigenvalue weighted by Crippen LogP contribution is 2.16. The molecule has 0 atom stereocenters. The van der Waals surface area contributed by atoms with E-state index < -0.39 is 5.97 Å². The Balaban J connectivity index is 1.90. The predicted octanol–water partition coefficient (Wildman–Crippen LogP) is 2.65. The smallest absolute Gasteiger partial charge is 0.358 e.